The molecular weight excluding hydrogens is 342 g/mol. The molecule has 0 saturated heterocycles. The van der Waals surface area contributed by atoms with Gasteiger partial charge in [0.25, 0.3) is 0 Å². The van der Waals surface area contributed by atoms with Gasteiger partial charge in [0.05, 0.1) is 12.1 Å². The van der Waals surface area contributed by atoms with Crippen molar-refractivity contribution in [1.82, 2.24) is 0 Å². The van der Waals surface area contributed by atoms with Crippen molar-refractivity contribution in [2.45, 2.75) is 44.8 Å². The summed E-state index contributed by atoms with van der Waals surface area (Å²) in [6, 6.07) is 22.3. The van der Waals surface area contributed by atoms with E-state index < -0.39 is 0 Å². The molecule has 4 unspecified atom stereocenters. The summed E-state index contributed by atoms with van der Waals surface area (Å²) in [4.78, 5) is 0. The van der Waals surface area contributed by atoms with Gasteiger partial charge < -0.3 is 10.1 Å². The van der Waals surface area contributed by atoms with E-state index in [4.69, 9.17) is 4.74 Å². The molecule has 142 valence electrons. The predicted octanol–water partition coefficient (Wildman–Crippen LogP) is 6.84. The molecule has 0 amide bonds. The van der Waals surface area contributed by atoms with Crippen LogP contribution in [-0.2, 0) is 0 Å². The molecule has 0 spiro atoms. The van der Waals surface area contributed by atoms with Crippen LogP contribution in [0.4, 0.5) is 5.69 Å². The molecular formula is C26H27NO. The van der Waals surface area contributed by atoms with Crippen molar-refractivity contribution in [3.63, 3.8) is 0 Å². The Kier molecular flexibility index (Phi) is 4.35. The Morgan fingerprint density at radius 1 is 1.04 bits per heavy atom. The number of hydrogen-bond donors (Lipinski definition) is 1. The third kappa shape index (κ3) is 2.88. The van der Waals surface area contributed by atoms with Gasteiger partial charge in [-0.15, -0.1) is 0 Å². The second kappa shape index (κ2) is 7.01. The zero-order chi connectivity index (χ0) is 19.1. The fraction of sp³-hybridized carbons (Fsp3) is 0.308. The molecule has 1 aliphatic heterocycles. The van der Waals surface area contributed by atoms with Crippen LogP contribution in [0.5, 0.6) is 5.75 Å². The fourth-order valence-electron chi connectivity index (χ4n) is 4.79. The Hall–Kier alpha value is -2.74. The van der Waals surface area contributed by atoms with Gasteiger partial charge in [-0.1, -0.05) is 61.5 Å². The Morgan fingerprint density at radius 3 is 2.79 bits per heavy atom. The van der Waals surface area contributed by atoms with E-state index in [1.54, 1.807) is 0 Å². The van der Waals surface area contributed by atoms with Crippen LogP contribution in [0.25, 0.3) is 10.8 Å². The van der Waals surface area contributed by atoms with E-state index in [1.807, 2.05) is 0 Å². The van der Waals surface area contributed by atoms with Crippen molar-refractivity contribution in [3.05, 3.63) is 83.9 Å². The summed E-state index contributed by atoms with van der Waals surface area (Å²) in [6.45, 7) is 4.29. The zero-order valence-corrected chi connectivity index (χ0v) is 16.6. The van der Waals surface area contributed by atoms with E-state index in [0.29, 0.717) is 17.9 Å². The number of ether oxygens (including phenoxy) is 1. The van der Waals surface area contributed by atoms with Gasteiger partial charge in [-0.2, -0.15) is 0 Å². The minimum atomic E-state index is 0.243. The zero-order valence-electron chi connectivity index (χ0n) is 16.6. The molecule has 2 aliphatic rings. The first-order valence-electron chi connectivity index (χ1n) is 10.5. The van der Waals surface area contributed by atoms with Gasteiger partial charge in [-0.05, 0) is 65.8 Å². The predicted molar refractivity (Wildman–Crippen MR) is 117 cm³/mol. The average Bonchev–Trinajstić information content (AvgIpc) is 3.23. The number of allylic oxidation sites excluding steroid dienone is 2. The smallest absolute Gasteiger partial charge is 0.120 e. The SMILES string of the molecule is CCC(C)Oc1ccc2c(c1)C1C=CCC1C(c1cccc3ccccc13)N2. The van der Waals surface area contributed by atoms with Crippen LogP contribution in [0.1, 0.15) is 49.8 Å². The molecule has 0 radical (unpaired) electrons. The maximum absolute atomic E-state index is 6.10. The third-order valence-corrected chi connectivity index (χ3v) is 6.40. The summed E-state index contributed by atoms with van der Waals surface area (Å²) in [5, 5.41) is 6.54. The van der Waals surface area contributed by atoms with Gasteiger partial charge in [0.2, 0.25) is 0 Å². The molecule has 3 aromatic rings. The summed E-state index contributed by atoms with van der Waals surface area (Å²) in [5.74, 6) is 1.97. The Labute approximate surface area is 167 Å². The summed E-state index contributed by atoms with van der Waals surface area (Å²) >= 11 is 0. The lowest BCUT2D eigenvalue weighted by molar-refractivity contribution is 0.217. The van der Waals surface area contributed by atoms with Gasteiger partial charge in [-0.3, -0.25) is 0 Å². The number of rotatable bonds is 4. The van der Waals surface area contributed by atoms with Gasteiger partial charge in [-0.25, -0.2) is 0 Å². The molecule has 1 N–H and O–H groups in total. The van der Waals surface area contributed by atoms with Crippen LogP contribution >= 0.6 is 0 Å². The van der Waals surface area contributed by atoms with E-state index in [2.05, 4.69) is 92.0 Å². The maximum atomic E-state index is 6.10. The number of benzene rings is 3. The molecule has 28 heavy (non-hydrogen) atoms. The van der Waals surface area contributed by atoms with Crippen molar-refractivity contribution in [1.29, 1.82) is 0 Å². The number of anilines is 1. The maximum Gasteiger partial charge on any atom is 0.120 e. The molecule has 1 aliphatic carbocycles. The summed E-state index contributed by atoms with van der Waals surface area (Å²) in [6.07, 6.45) is 7.13. The van der Waals surface area contributed by atoms with Crippen LogP contribution in [0, 0.1) is 5.92 Å². The monoisotopic (exact) mass is 369 g/mol. The van der Waals surface area contributed by atoms with Gasteiger partial charge in [0, 0.05) is 11.6 Å². The molecule has 5 rings (SSSR count). The molecule has 0 fully saturated rings. The van der Waals surface area contributed by atoms with Crippen molar-refractivity contribution in [3.8, 4) is 5.75 Å². The molecule has 0 saturated carbocycles. The first kappa shape index (κ1) is 17.4. The molecule has 0 aromatic heterocycles. The average molecular weight is 370 g/mol. The van der Waals surface area contributed by atoms with Crippen LogP contribution in [0.2, 0.25) is 0 Å². The van der Waals surface area contributed by atoms with Crippen LogP contribution in [0.15, 0.2) is 72.8 Å². The Balaban J connectivity index is 1.56. The molecule has 2 nitrogen and oxygen atoms in total. The lowest BCUT2D eigenvalue weighted by Gasteiger charge is -2.38. The van der Waals surface area contributed by atoms with Crippen LogP contribution < -0.4 is 10.1 Å². The number of fused-ring (bicyclic) bond motifs is 4. The first-order valence-corrected chi connectivity index (χ1v) is 10.5. The van der Waals surface area contributed by atoms with Gasteiger partial charge in [0.15, 0.2) is 0 Å². The summed E-state index contributed by atoms with van der Waals surface area (Å²) < 4.78 is 6.10. The van der Waals surface area contributed by atoms with E-state index in [0.717, 1.165) is 18.6 Å². The Morgan fingerprint density at radius 2 is 1.89 bits per heavy atom. The Bertz CT molecular complexity index is 1030. The van der Waals surface area contributed by atoms with Crippen molar-refractivity contribution < 1.29 is 4.74 Å². The highest BCUT2D eigenvalue weighted by Gasteiger charge is 2.38. The van der Waals surface area contributed by atoms with E-state index in [1.165, 1.54) is 27.6 Å². The first-order chi connectivity index (χ1) is 13.7. The summed E-state index contributed by atoms with van der Waals surface area (Å²) in [7, 11) is 0. The number of hydrogen-bond acceptors (Lipinski definition) is 2. The van der Waals surface area contributed by atoms with Crippen molar-refractivity contribution in [2.75, 3.05) is 5.32 Å². The minimum absolute atomic E-state index is 0.243. The lowest BCUT2D eigenvalue weighted by atomic mass is 9.76. The van der Waals surface area contributed by atoms with Crippen LogP contribution in [-0.4, -0.2) is 6.10 Å². The molecule has 4 atom stereocenters. The second-order valence-corrected chi connectivity index (χ2v) is 8.13. The third-order valence-electron chi connectivity index (χ3n) is 6.40. The highest BCUT2D eigenvalue weighted by Crippen LogP contribution is 2.51. The molecule has 3 aromatic carbocycles. The van der Waals surface area contributed by atoms with E-state index in [-0.39, 0.29) is 6.10 Å². The van der Waals surface area contributed by atoms with Gasteiger partial charge >= 0.3 is 0 Å². The molecule has 1 heterocycles. The highest BCUT2D eigenvalue weighted by atomic mass is 16.5. The topological polar surface area (TPSA) is 21.3 Å². The largest absolute Gasteiger partial charge is 0.491 e. The standard InChI is InChI=1S/C26H27NO/c1-3-17(2)28-19-14-15-25-24(16-19)21-11-7-13-23(21)26(27-25)22-12-6-9-18-8-4-5-10-20(18)22/h4-12,14-17,21,23,26-27H,3,13H2,1-2H3. The van der Waals surface area contributed by atoms with Crippen LogP contribution in [0.3, 0.4) is 0 Å². The second-order valence-electron chi connectivity index (χ2n) is 8.13. The number of nitrogens with one attached hydrogen (secondary N) is 1. The van der Waals surface area contributed by atoms with Crippen molar-refractivity contribution >= 4 is 16.5 Å². The normalized spacial score (nSPS) is 23.7. The van der Waals surface area contributed by atoms with Crippen molar-refractivity contribution in [2.24, 2.45) is 5.92 Å². The quantitative estimate of drug-likeness (QED) is 0.508. The van der Waals surface area contributed by atoms with E-state index >= 15 is 0 Å². The van der Waals surface area contributed by atoms with E-state index in [9.17, 15) is 0 Å². The fourth-order valence-corrected chi connectivity index (χ4v) is 4.79. The molecule has 0 bridgehead atoms. The summed E-state index contributed by atoms with van der Waals surface area (Å²) in [5.41, 5.74) is 4.01. The molecule has 2 heteroatoms. The highest BCUT2D eigenvalue weighted by molar-refractivity contribution is 5.86. The minimum Gasteiger partial charge on any atom is -0.491 e. The van der Waals surface area contributed by atoms with Gasteiger partial charge in [0.1, 0.15) is 5.75 Å². The lowest BCUT2D eigenvalue weighted by Crippen LogP contribution is -2.29.